The molecule has 8 heteroatoms. The quantitative estimate of drug-likeness (QED) is 0.283. The van der Waals surface area contributed by atoms with Crippen molar-refractivity contribution in [2.45, 2.75) is 6.54 Å². The molecule has 22 heavy (non-hydrogen) atoms. The van der Waals surface area contributed by atoms with Gasteiger partial charge in [-0.25, -0.2) is 4.99 Å². The predicted molar refractivity (Wildman–Crippen MR) is 96.7 cm³/mol. The van der Waals surface area contributed by atoms with E-state index in [1.54, 1.807) is 34.5 Å². The Morgan fingerprint density at radius 2 is 1.77 bits per heavy atom. The van der Waals surface area contributed by atoms with Crippen molar-refractivity contribution in [1.29, 1.82) is 0 Å². The zero-order valence-corrected chi connectivity index (χ0v) is 15.7. The minimum Gasteiger partial charge on any atom is -0.493 e. The number of aliphatic imine (C=N–C) groups is 1. The van der Waals surface area contributed by atoms with Crippen LogP contribution in [0.3, 0.4) is 0 Å². The van der Waals surface area contributed by atoms with Gasteiger partial charge >= 0.3 is 0 Å². The molecule has 0 saturated heterocycles. The zero-order valence-electron chi connectivity index (χ0n) is 13.3. The van der Waals surface area contributed by atoms with Gasteiger partial charge in [0.15, 0.2) is 17.5 Å². The van der Waals surface area contributed by atoms with E-state index in [0.717, 1.165) is 5.56 Å². The highest BCUT2D eigenvalue weighted by Crippen LogP contribution is 2.39. The van der Waals surface area contributed by atoms with E-state index >= 15 is 0 Å². The monoisotopic (exact) mass is 425 g/mol. The van der Waals surface area contributed by atoms with Gasteiger partial charge in [-0.05, 0) is 12.1 Å². The molecular weight excluding hydrogens is 401 g/mol. The second-order valence-corrected chi connectivity index (χ2v) is 4.11. The first-order valence-corrected chi connectivity index (χ1v) is 6.48. The highest BCUT2D eigenvalue weighted by molar-refractivity contribution is 14.0. The normalized spacial score (nSPS) is 10.6. The summed E-state index contributed by atoms with van der Waals surface area (Å²) in [4.78, 5) is 4.26. The van der Waals surface area contributed by atoms with Gasteiger partial charge in [0.2, 0.25) is 5.75 Å². The second-order valence-electron chi connectivity index (χ2n) is 4.11. The van der Waals surface area contributed by atoms with Crippen LogP contribution in [0.2, 0.25) is 0 Å². The second kappa shape index (κ2) is 11.2. The molecule has 0 aliphatic rings. The van der Waals surface area contributed by atoms with Crippen molar-refractivity contribution in [3.63, 3.8) is 0 Å². The number of guanidine groups is 1. The number of nitrogens with zero attached hydrogens (tertiary/aromatic N) is 1. The summed E-state index contributed by atoms with van der Waals surface area (Å²) in [7, 11) is 6.34. The Hall–Kier alpha value is -1.42. The van der Waals surface area contributed by atoms with Crippen LogP contribution in [0, 0.1) is 0 Å². The molecule has 0 unspecified atom stereocenters. The fraction of sp³-hybridized carbons (Fsp3) is 0.500. The third kappa shape index (κ3) is 5.76. The molecule has 3 N–H and O–H groups in total. The summed E-state index contributed by atoms with van der Waals surface area (Å²) in [5.41, 5.74) is 6.62. The molecule has 0 amide bonds. The topological polar surface area (TPSA) is 87.3 Å². The number of hydrogen-bond acceptors (Lipinski definition) is 5. The molecule has 0 spiro atoms. The average molecular weight is 425 g/mol. The maximum Gasteiger partial charge on any atom is 0.203 e. The van der Waals surface area contributed by atoms with Crippen molar-refractivity contribution in [1.82, 2.24) is 5.32 Å². The maximum atomic E-state index is 5.77. The van der Waals surface area contributed by atoms with Gasteiger partial charge in [-0.1, -0.05) is 0 Å². The van der Waals surface area contributed by atoms with Gasteiger partial charge in [-0.3, -0.25) is 0 Å². The number of halogens is 1. The molecule has 7 nitrogen and oxygen atoms in total. The van der Waals surface area contributed by atoms with Crippen molar-refractivity contribution < 1.29 is 18.9 Å². The lowest BCUT2D eigenvalue weighted by Crippen LogP contribution is -2.34. The van der Waals surface area contributed by atoms with E-state index in [1.807, 2.05) is 6.07 Å². The molecule has 1 rings (SSSR count). The first-order chi connectivity index (χ1) is 10.2. The molecule has 0 atom stereocenters. The molecule has 0 fully saturated rings. The fourth-order valence-electron chi connectivity index (χ4n) is 1.80. The SMILES string of the molecule is COCCNC(N)=NCc1ccc(OC)c(OC)c1OC.I. The molecule has 1 aromatic rings. The number of rotatable bonds is 8. The Labute approximate surface area is 148 Å². The summed E-state index contributed by atoms with van der Waals surface area (Å²) >= 11 is 0. The lowest BCUT2D eigenvalue weighted by Gasteiger charge is -2.15. The minimum absolute atomic E-state index is 0. The van der Waals surface area contributed by atoms with Gasteiger partial charge < -0.3 is 30.0 Å². The van der Waals surface area contributed by atoms with E-state index in [2.05, 4.69) is 10.3 Å². The third-order valence-electron chi connectivity index (χ3n) is 2.82. The molecule has 1 aromatic carbocycles. The molecule has 126 valence electrons. The Bertz CT molecular complexity index is 483. The molecule has 0 heterocycles. The standard InChI is InChI=1S/C14H23N3O4.HI/c1-18-8-7-16-14(15)17-9-10-5-6-11(19-2)13(21-4)12(10)20-3;/h5-6H,7-9H2,1-4H3,(H3,15,16,17);1H. The van der Waals surface area contributed by atoms with Crippen molar-refractivity contribution in [3.05, 3.63) is 17.7 Å². The Kier molecular flexibility index (Phi) is 10.5. The Morgan fingerprint density at radius 3 is 2.32 bits per heavy atom. The van der Waals surface area contributed by atoms with Crippen LogP contribution in [0.5, 0.6) is 17.2 Å². The van der Waals surface area contributed by atoms with Gasteiger partial charge in [0.05, 0.1) is 34.5 Å². The minimum atomic E-state index is 0. The Balaban J connectivity index is 0.00000441. The summed E-state index contributed by atoms with van der Waals surface area (Å²) in [5.74, 6) is 2.08. The number of benzene rings is 1. The predicted octanol–water partition coefficient (Wildman–Crippen LogP) is 1.38. The van der Waals surface area contributed by atoms with Crippen LogP contribution in [0.25, 0.3) is 0 Å². The first kappa shape index (κ1) is 20.6. The number of ether oxygens (including phenoxy) is 4. The molecule has 0 saturated carbocycles. The average Bonchev–Trinajstić information content (AvgIpc) is 2.51. The van der Waals surface area contributed by atoms with Gasteiger partial charge in [0.1, 0.15) is 0 Å². The summed E-state index contributed by atoms with van der Waals surface area (Å²) in [6, 6.07) is 3.67. The third-order valence-corrected chi connectivity index (χ3v) is 2.82. The van der Waals surface area contributed by atoms with Crippen molar-refractivity contribution in [2.75, 3.05) is 41.6 Å². The van der Waals surface area contributed by atoms with Crippen LogP contribution >= 0.6 is 24.0 Å². The molecule has 0 aliphatic carbocycles. The summed E-state index contributed by atoms with van der Waals surface area (Å²) < 4.78 is 20.9. The van der Waals surface area contributed by atoms with Gasteiger partial charge in [0, 0.05) is 19.2 Å². The molecule has 0 radical (unpaired) electrons. The van der Waals surface area contributed by atoms with Crippen LogP contribution < -0.4 is 25.3 Å². The lowest BCUT2D eigenvalue weighted by molar-refractivity contribution is 0.204. The van der Waals surface area contributed by atoms with E-state index in [1.165, 1.54) is 0 Å². The van der Waals surface area contributed by atoms with E-state index in [9.17, 15) is 0 Å². The number of nitrogens with two attached hydrogens (primary N) is 1. The van der Waals surface area contributed by atoms with Crippen LogP contribution in [0.15, 0.2) is 17.1 Å². The number of methoxy groups -OCH3 is 4. The van der Waals surface area contributed by atoms with Gasteiger partial charge in [-0.2, -0.15) is 0 Å². The summed E-state index contributed by atoms with van der Waals surface area (Å²) in [6.07, 6.45) is 0. The van der Waals surface area contributed by atoms with E-state index in [-0.39, 0.29) is 24.0 Å². The van der Waals surface area contributed by atoms with Crippen molar-refractivity contribution >= 4 is 29.9 Å². The zero-order chi connectivity index (χ0) is 15.7. The number of nitrogens with one attached hydrogen (secondary N) is 1. The lowest BCUT2D eigenvalue weighted by atomic mass is 10.1. The summed E-state index contributed by atoms with van der Waals surface area (Å²) in [5, 5.41) is 2.95. The molecule has 0 aliphatic heterocycles. The summed E-state index contributed by atoms with van der Waals surface area (Å²) in [6.45, 7) is 1.54. The van der Waals surface area contributed by atoms with E-state index < -0.39 is 0 Å². The maximum absolute atomic E-state index is 5.77. The number of hydrogen-bond donors (Lipinski definition) is 2. The van der Waals surface area contributed by atoms with Crippen LogP contribution in [0.4, 0.5) is 0 Å². The van der Waals surface area contributed by atoms with Crippen LogP contribution in [-0.2, 0) is 11.3 Å². The Morgan fingerprint density at radius 1 is 1.09 bits per heavy atom. The molecule has 0 aromatic heterocycles. The van der Waals surface area contributed by atoms with Gasteiger partial charge in [0.25, 0.3) is 0 Å². The van der Waals surface area contributed by atoms with Crippen LogP contribution in [0.1, 0.15) is 5.56 Å². The first-order valence-electron chi connectivity index (χ1n) is 6.48. The highest BCUT2D eigenvalue weighted by Gasteiger charge is 2.15. The molecule has 0 bridgehead atoms. The smallest absolute Gasteiger partial charge is 0.203 e. The van der Waals surface area contributed by atoms with Crippen LogP contribution in [-0.4, -0.2) is 47.6 Å². The van der Waals surface area contributed by atoms with E-state index in [0.29, 0.717) is 42.9 Å². The van der Waals surface area contributed by atoms with Gasteiger partial charge in [-0.15, -0.1) is 24.0 Å². The largest absolute Gasteiger partial charge is 0.493 e. The fourth-order valence-corrected chi connectivity index (χ4v) is 1.80. The highest BCUT2D eigenvalue weighted by atomic mass is 127. The van der Waals surface area contributed by atoms with Crippen molar-refractivity contribution in [2.24, 2.45) is 10.7 Å². The van der Waals surface area contributed by atoms with E-state index in [4.69, 9.17) is 24.7 Å². The van der Waals surface area contributed by atoms with Crippen molar-refractivity contribution in [3.8, 4) is 17.2 Å². The molecular formula is C14H24IN3O4.